The van der Waals surface area contributed by atoms with Crippen molar-refractivity contribution in [1.82, 2.24) is 20.9 Å². The van der Waals surface area contributed by atoms with Gasteiger partial charge < -0.3 is 20.9 Å². The van der Waals surface area contributed by atoms with Crippen LogP contribution in [0.1, 0.15) is 50.0 Å². The third kappa shape index (κ3) is 9.38. The van der Waals surface area contributed by atoms with Gasteiger partial charge in [0.15, 0.2) is 5.96 Å². The highest BCUT2D eigenvalue weighted by Crippen LogP contribution is 2.06. The van der Waals surface area contributed by atoms with Crippen molar-refractivity contribution in [3.8, 4) is 0 Å². The Bertz CT molecular complexity index is 633. The van der Waals surface area contributed by atoms with Crippen LogP contribution in [0.5, 0.6) is 0 Å². The smallest absolute Gasteiger partial charge is 0.251 e. The highest BCUT2D eigenvalue weighted by atomic mass is 127. The van der Waals surface area contributed by atoms with Gasteiger partial charge in [0.05, 0.1) is 6.54 Å². The van der Waals surface area contributed by atoms with Crippen molar-refractivity contribution in [2.24, 2.45) is 4.99 Å². The zero-order valence-corrected chi connectivity index (χ0v) is 19.7. The van der Waals surface area contributed by atoms with Crippen LogP contribution in [0, 0.1) is 0 Å². The quantitative estimate of drug-likeness (QED) is 0.260. The average molecular weight is 503 g/mol. The first-order chi connectivity index (χ1) is 13.0. The predicted octanol–water partition coefficient (Wildman–Crippen LogP) is 2.37. The van der Waals surface area contributed by atoms with Crippen molar-refractivity contribution in [3.05, 3.63) is 35.4 Å². The summed E-state index contributed by atoms with van der Waals surface area (Å²) in [4.78, 5) is 30.4. The molecule has 0 radical (unpaired) electrons. The molecule has 0 aliphatic heterocycles. The van der Waals surface area contributed by atoms with Gasteiger partial charge in [-0.05, 0) is 45.4 Å². The molecule has 0 aliphatic rings. The third-order valence-corrected chi connectivity index (χ3v) is 4.04. The summed E-state index contributed by atoms with van der Waals surface area (Å²) in [5.74, 6) is 0.717. The average Bonchev–Trinajstić information content (AvgIpc) is 2.67. The molecular weight excluding hydrogens is 469 g/mol. The molecule has 1 rings (SSSR count). The van der Waals surface area contributed by atoms with Crippen LogP contribution in [0.15, 0.2) is 29.3 Å². The molecular formula is C20H34IN5O2. The molecule has 0 saturated heterocycles. The lowest BCUT2D eigenvalue weighted by Crippen LogP contribution is -2.40. The van der Waals surface area contributed by atoms with Gasteiger partial charge in [0, 0.05) is 44.7 Å². The Morgan fingerprint density at radius 3 is 2.29 bits per heavy atom. The van der Waals surface area contributed by atoms with Crippen molar-refractivity contribution < 1.29 is 9.59 Å². The summed E-state index contributed by atoms with van der Waals surface area (Å²) in [6.07, 6.45) is 0.429. The number of halogens is 1. The molecule has 0 heterocycles. The molecule has 0 saturated carbocycles. The van der Waals surface area contributed by atoms with E-state index in [0.717, 1.165) is 25.2 Å². The second-order valence-corrected chi connectivity index (χ2v) is 6.00. The van der Waals surface area contributed by atoms with E-state index in [1.807, 2.05) is 50.8 Å². The number of nitrogens with zero attached hydrogens (tertiary/aromatic N) is 2. The Labute approximate surface area is 185 Å². The lowest BCUT2D eigenvalue weighted by atomic mass is 10.1. The molecule has 1 aromatic rings. The van der Waals surface area contributed by atoms with Gasteiger partial charge in [-0.3, -0.25) is 9.59 Å². The molecule has 8 heteroatoms. The van der Waals surface area contributed by atoms with Gasteiger partial charge in [-0.1, -0.05) is 12.1 Å². The van der Waals surface area contributed by atoms with Crippen molar-refractivity contribution >= 4 is 41.8 Å². The largest absolute Gasteiger partial charge is 0.357 e. The van der Waals surface area contributed by atoms with Gasteiger partial charge in [-0.25, -0.2) is 4.99 Å². The molecule has 158 valence electrons. The summed E-state index contributed by atoms with van der Waals surface area (Å²) in [7, 11) is 0. The highest BCUT2D eigenvalue weighted by Gasteiger charge is 2.09. The van der Waals surface area contributed by atoms with E-state index in [2.05, 4.69) is 20.9 Å². The van der Waals surface area contributed by atoms with E-state index in [1.165, 1.54) is 0 Å². The molecule has 2 amide bonds. The third-order valence-electron chi connectivity index (χ3n) is 4.04. The van der Waals surface area contributed by atoms with Crippen LogP contribution >= 0.6 is 24.0 Å². The Morgan fingerprint density at radius 2 is 1.68 bits per heavy atom. The maximum atomic E-state index is 12.1. The van der Waals surface area contributed by atoms with Crippen LogP contribution in [-0.2, 0) is 11.3 Å². The van der Waals surface area contributed by atoms with E-state index >= 15 is 0 Å². The minimum Gasteiger partial charge on any atom is -0.357 e. The van der Waals surface area contributed by atoms with Gasteiger partial charge in [-0.15, -0.1) is 24.0 Å². The molecule has 28 heavy (non-hydrogen) atoms. The number of amides is 2. The first-order valence-electron chi connectivity index (χ1n) is 9.72. The lowest BCUT2D eigenvalue weighted by molar-refractivity contribution is -0.130. The number of carbonyl (C=O) groups excluding carboxylic acids is 2. The molecule has 3 N–H and O–H groups in total. The summed E-state index contributed by atoms with van der Waals surface area (Å²) in [6.45, 7) is 11.6. The fourth-order valence-electron chi connectivity index (χ4n) is 2.61. The van der Waals surface area contributed by atoms with Crippen LogP contribution in [-0.4, -0.2) is 55.4 Å². The topological polar surface area (TPSA) is 85.8 Å². The highest BCUT2D eigenvalue weighted by molar-refractivity contribution is 14.0. The molecule has 0 aliphatic carbocycles. The molecule has 0 fully saturated rings. The number of benzene rings is 1. The fourth-order valence-corrected chi connectivity index (χ4v) is 2.61. The number of hydrogen-bond donors (Lipinski definition) is 3. The molecule has 0 unspecified atom stereocenters. The number of aliphatic imine (C=N–C) groups is 1. The van der Waals surface area contributed by atoms with Crippen LogP contribution < -0.4 is 16.0 Å². The van der Waals surface area contributed by atoms with E-state index in [1.54, 1.807) is 6.07 Å². The molecule has 1 aromatic carbocycles. The van der Waals surface area contributed by atoms with Crippen LogP contribution in [0.25, 0.3) is 0 Å². The number of hydrogen-bond acceptors (Lipinski definition) is 3. The second-order valence-electron chi connectivity index (χ2n) is 6.00. The van der Waals surface area contributed by atoms with Gasteiger partial charge >= 0.3 is 0 Å². The van der Waals surface area contributed by atoms with Crippen LogP contribution in [0.2, 0.25) is 0 Å². The summed E-state index contributed by atoms with van der Waals surface area (Å²) in [5.41, 5.74) is 1.59. The number of nitrogens with one attached hydrogen (secondary N) is 3. The molecule has 0 spiro atoms. The monoisotopic (exact) mass is 503 g/mol. The van der Waals surface area contributed by atoms with Gasteiger partial charge in [0.25, 0.3) is 5.91 Å². The van der Waals surface area contributed by atoms with Crippen molar-refractivity contribution in [2.45, 2.75) is 40.7 Å². The van der Waals surface area contributed by atoms with Crippen LogP contribution in [0.3, 0.4) is 0 Å². The van der Waals surface area contributed by atoms with E-state index in [4.69, 9.17) is 0 Å². The van der Waals surface area contributed by atoms with E-state index in [0.29, 0.717) is 37.6 Å². The molecule has 0 atom stereocenters. The molecule has 0 aromatic heterocycles. The number of guanidine groups is 1. The number of carbonyl (C=O) groups is 2. The van der Waals surface area contributed by atoms with E-state index in [9.17, 15) is 9.59 Å². The minimum absolute atomic E-state index is 0. The standard InChI is InChI=1S/C20H33N5O2.HI/c1-5-21-19(27)17-11-9-10-16(14-17)15-24-20(22-6-2)23-13-12-18(26)25(7-3)8-4;/h9-11,14H,5-8,12-13,15H2,1-4H3,(H,21,27)(H2,22,23,24);1H. The maximum absolute atomic E-state index is 12.1. The summed E-state index contributed by atoms with van der Waals surface area (Å²) in [5, 5.41) is 9.17. The van der Waals surface area contributed by atoms with E-state index < -0.39 is 0 Å². The van der Waals surface area contributed by atoms with Gasteiger partial charge in [-0.2, -0.15) is 0 Å². The summed E-state index contributed by atoms with van der Waals surface area (Å²) < 4.78 is 0. The molecule has 0 bridgehead atoms. The van der Waals surface area contributed by atoms with Gasteiger partial charge in [0.1, 0.15) is 0 Å². The predicted molar refractivity (Wildman–Crippen MR) is 125 cm³/mol. The van der Waals surface area contributed by atoms with E-state index in [-0.39, 0.29) is 35.8 Å². The normalized spacial score (nSPS) is 10.6. The zero-order valence-electron chi connectivity index (χ0n) is 17.4. The lowest BCUT2D eigenvalue weighted by Gasteiger charge is -2.19. The maximum Gasteiger partial charge on any atom is 0.251 e. The van der Waals surface area contributed by atoms with Crippen LogP contribution in [0.4, 0.5) is 0 Å². The number of rotatable bonds is 10. The van der Waals surface area contributed by atoms with Crippen molar-refractivity contribution in [2.75, 3.05) is 32.7 Å². The Hall–Kier alpha value is -1.84. The Morgan fingerprint density at radius 1 is 1.00 bits per heavy atom. The second kappa shape index (κ2) is 15.1. The van der Waals surface area contributed by atoms with Crippen molar-refractivity contribution in [3.63, 3.8) is 0 Å². The fraction of sp³-hybridized carbons (Fsp3) is 0.550. The summed E-state index contributed by atoms with van der Waals surface area (Å²) in [6, 6.07) is 7.45. The first-order valence-corrected chi connectivity index (χ1v) is 9.72. The van der Waals surface area contributed by atoms with Crippen molar-refractivity contribution in [1.29, 1.82) is 0 Å². The Kier molecular flexibility index (Phi) is 14.1. The Balaban J connectivity index is 0.00000729. The van der Waals surface area contributed by atoms with Gasteiger partial charge in [0.2, 0.25) is 5.91 Å². The summed E-state index contributed by atoms with van der Waals surface area (Å²) >= 11 is 0. The zero-order chi connectivity index (χ0) is 20.1. The first kappa shape index (κ1) is 26.2. The SMILES string of the molecule is CCNC(=O)c1cccc(CN=C(NCC)NCCC(=O)N(CC)CC)c1.I. The minimum atomic E-state index is -0.0803. The molecule has 7 nitrogen and oxygen atoms in total.